The van der Waals surface area contributed by atoms with E-state index in [2.05, 4.69) is 4.98 Å². The van der Waals surface area contributed by atoms with Crippen LogP contribution in [0.3, 0.4) is 0 Å². The Morgan fingerprint density at radius 1 is 1.18 bits per heavy atom. The van der Waals surface area contributed by atoms with Gasteiger partial charge < -0.3 is 15.4 Å². The predicted molar refractivity (Wildman–Crippen MR) is 140 cm³/mol. The number of nitrogens with two attached hydrogens (primary N) is 1. The number of amides is 2. The Labute approximate surface area is 223 Å². The lowest BCUT2D eigenvalue weighted by Gasteiger charge is -2.38. The van der Waals surface area contributed by atoms with Crippen molar-refractivity contribution in [1.29, 1.82) is 0 Å². The molecule has 1 aromatic carbocycles. The number of pyridine rings is 1. The number of aryl methyl sites for hydroxylation is 2. The number of hydrogen-bond acceptors (Lipinski definition) is 8. The molecule has 38 heavy (non-hydrogen) atoms. The molecule has 3 heterocycles. The van der Waals surface area contributed by atoms with Gasteiger partial charge in [-0.2, -0.15) is 0 Å². The second-order valence-electron chi connectivity index (χ2n) is 10.2. The van der Waals surface area contributed by atoms with Crippen LogP contribution in [0.4, 0.5) is 0 Å². The molecule has 2 saturated heterocycles. The third-order valence-electron chi connectivity index (χ3n) is 7.43. The quantitative estimate of drug-likeness (QED) is 0.330. The number of aromatic nitrogens is 1. The molecule has 2 unspecified atom stereocenters. The van der Waals surface area contributed by atoms with Gasteiger partial charge in [0.2, 0.25) is 15.9 Å². The average molecular weight is 546 g/mol. The minimum atomic E-state index is -3.34. The molecule has 0 saturated carbocycles. The second-order valence-corrected chi connectivity index (χ2v) is 12.2. The molecular formula is C26H35N5O6S. The highest BCUT2D eigenvalue weighted by molar-refractivity contribution is 7.88. The van der Waals surface area contributed by atoms with Gasteiger partial charge in [0.05, 0.1) is 6.26 Å². The molecule has 4 N–H and O–H groups in total. The van der Waals surface area contributed by atoms with Crippen molar-refractivity contribution in [2.24, 2.45) is 11.7 Å². The number of piperidine rings is 1. The monoisotopic (exact) mass is 545 g/mol. The van der Waals surface area contributed by atoms with Gasteiger partial charge in [0.15, 0.2) is 0 Å². The predicted octanol–water partition coefficient (Wildman–Crippen LogP) is 1.21. The van der Waals surface area contributed by atoms with Gasteiger partial charge in [-0.1, -0.05) is 12.1 Å². The number of carbonyl (C=O) groups is 2. The van der Waals surface area contributed by atoms with Crippen molar-refractivity contribution in [2.45, 2.75) is 51.3 Å². The lowest BCUT2D eigenvalue weighted by Crippen LogP contribution is -2.56. The Morgan fingerprint density at radius 3 is 2.34 bits per heavy atom. The highest BCUT2D eigenvalue weighted by atomic mass is 32.2. The molecule has 2 aromatic rings. The fourth-order valence-electron chi connectivity index (χ4n) is 5.51. The summed E-state index contributed by atoms with van der Waals surface area (Å²) in [6, 6.07) is 10.0. The van der Waals surface area contributed by atoms with Crippen molar-refractivity contribution in [3.05, 3.63) is 58.9 Å². The molecule has 0 spiro atoms. The fraction of sp³-hybridized carbons (Fsp3) is 0.500. The van der Waals surface area contributed by atoms with Crippen LogP contribution in [-0.4, -0.2) is 71.6 Å². The van der Waals surface area contributed by atoms with Crippen molar-refractivity contribution in [3.8, 4) is 5.75 Å². The molecule has 11 nitrogen and oxygen atoms in total. The summed E-state index contributed by atoms with van der Waals surface area (Å²) in [6.45, 7) is 4.96. The Morgan fingerprint density at radius 2 is 1.79 bits per heavy atom. The van der Waals surface area contributed by atoms with Gasteiger partial charge in [0.1, 0.15) is 23.9 Å². The van der Waals surface area contributed by atoms with E-state index in [-0.39, 0.29) is 25.6 Å². The second kappa shape index (κ2) is 11.0. The summed E-state index contributed by atoms with van der Waals surface area (Å²) >= 11 is 0. The van der Waals surface area contributed by atoms with E-state index in [9.17, 15) is 23.2 Å². The maximum Gasteiger partial charge on any atom is 0.266 e. The first-order valence-electron chi connectivity index (χ1n) is 12.6. The number of nitrogens with one attached hydrogen (secondary N) is 1. The molecule has 4 rings (SSSR count). The van der Waals surface area contributed by atoms with E-state index in [1.165, 1.54) is 9.21 Å². The number of hydroxylamine groups is 1. The minimum absolute atomic E-state index is 0.235. The highest BCUT2D eigenvalue weighted by Crippen LogP contribution is 2.36. The van der Waals surface area contributed by atoms with Gasteiger partial charge in [-0.05, 0) is 74.4 Å². The number of ether oxygens (including phenoxy) is 1. The molecule has 2 fully saturated rings. The summed E-state index contributed by atoms with van der Waals surface area (Å²) in [4.78, 5) is 32.1. The summed E-state index contributed by atoms with van der Waals surface area (Å²) in [5.74, 6) is -0.802. The van der Waals surface area contributed by atoms with Gasteiger partial charge in [0, 0.05) is 31.0 Å². The Kier molecular flexibility index (Phi) is 8.07. The standard InChI is InChI=1S/C26H35N5O6S/c1-17-14-19(15-18(2)28-17)16-37-22-6-4-21(5-7-22)26(27)10-13-31(25(26)33)23(24(32)29-34)20-8-11-30(12-9-20)38(3,35)36/h4-7,14-15,20,23,34H,8-13,16,27H2,1-3H3,(H,29,32). The maximum atomic E-state index is 13.6. The summed E-state index contributed by atoms with van der Waals surface area (Å²) in [5.41, 5.74) is 10.4. The van der Waals surface area contributed by atoms with Crippen LogP contribution in [0.15, 0.2) is 36.4 Å². The lowest BCUT2D eigenvalue weighted by atomic mass is 9.87. The molecule has 0 bridgehead atoms. The third kappa shape index (κ3) is 5.83. The van der Waals surface area contributed by atoms with E-state index < -0.39 is 33.4 Å². The van der Waals surface area contributed by atoms with Crippen molar-refractivity contribution in [2.75, 3.05) is 25.9 Å². The number of benzene rings is 1. The van der Waals surface area contributed by atoms with Crippen LogP contribution in [0.5, 0.6) is 5.75 Å². The number of sulfonamides is 1. The zero-order chi connectivity index (χ0) is 27.7. The number of carbonyl (C=O) groups excluding carboxylic acids is 2. The Hall–Kier alpha value is -3.06. The number of likely N-dealkylation sites (tertiary alicyclic amines) is 1. The van der Waals surface area contributed by atoms with Crippen LogP contribution >= 0.6 is 0 Å². The first-order valence-corrected chi connectivity index (χ1v) is 14.4. The zero-order valence-corrected chi connectivity index (χ0v) is 22.7. The van der Waals surface area contributed by atoms with Gasteiger partial charge in [-0.25, -0.2) is 18.2 Å². The topological polar surface area (TPSA) is 155 Å². The first kappa shape index (κ1) is 28.0. The van der Waals surface area contributed by atoms with Crippen LogP contribution in [-0.2, 0) is 31.8 Å². The Balaban J connectivity index is 1.46. The average Bonchev–Trinajstić information content (AvgIpc) is 3.17. The summed E-state index contributed by atoms with van der Waals surface area (Å²) < 4.78 is 31.0. The highest BCUT2D eigenvalue weighted by Gasteiger charge is 2.50. The SMILES string of the molecule is Cc1cc(COc2ccc(C3(N)CCN(C(C(=O)NO)C4CCN(S(C)(=O)=O)CC4)C3=O)cc2)cc(C)n1. The fourth-order valence-corrected chi connectivity index (χ4v) is 6.39. The van der Waals surface area contributed by atoms with E-state index in [0.29, 0.717) is 37.2 Å². The molecule has 2 amide bonds. The lowest BCUT2D eigenvalue weighted by molar-refractivity contribution is -0.146. The minimum Gasteiger partial charge on any atom is -0.489 e. The first-order chi connectivity index (χ1) is 17.9. The number of rotatable bonds is 8. The maximum absolute atomic E-state index is 13.6. The Bertz CT molecular complexity index is 1270. The smallest absolute Gasteiger partial charge is 0.266 e. The molecule has 0 radical (unpaired) electrons. The summed E-state index contributed by atoms with van der Waals surface area (Å²) in [5, 5.41) is 9.41. The zero-order valence-electron chi connectivity index (χ0n) is 21.9. The van der Waals surface area contributed by atoms with Crippen LogP contribution < -0.4 is 16.0 Å². The number of nitrogens with zero attached hydrogens (tertiary/aromatic N) is 3. The van der Waals surface area contributed by atoms with Crippen LogP contribution in [0.2, 0.25) is 0 Å². The third-order valence-corrected chi connectivity index (χ3v) is 8.74. The normalized spacial score (nSPS) is 21.9. The molecule has 206 valence electrons. The molecule has 0 aliphatic carbocycles. The van der Waals surface area contributed by atoms with Gasteiger partial charge in [0.25, 0.3) is 5.91 Å². The number of hydrogen-bond donors (Lipinski definition) is 3. The van der Waals surface area contributed by atoms with Crippen molar-refractivity contribution in [1.82, 2.24) is 19.7 Å². The van der Waals surface area contributed by atoms with Crippen LogP contribution in [0, 0.1) is 19.8 Å². The molecule has 1 aromatic heterocycles. The van der Waals surface area contributed by atoms with Crippen LogP contribution in [0.1, 0.15) is 41.8 Å². The van der Waals surface area contributed by atoms with Crippen molar-refractivity contribution in [3.63, 3.8) is 0 Å². The largest absolute Gasteiger partial charge is 0.489 e. The van der Waals surface area contributed by atoms with Gasteiger partial charge in [-0.15, -0.1) is 0 Å². The molecule has 2 aliphatic heterocycles. The summed E-state index contributed by atoms with van der Waals surface area (Å²) in [6.07, 6.45) is 2.21. The molecule has 12 heteroatoms. The van der Waals surface area contributed by atoms with E-state index >= 15 is 0 Å². The van der Waals surface area contributed by atoms with Crippen molar-refractivity contribution < 1.29 is 28.0 Å². The van der Waals surface area contributed by atoms with E-state index in [1.807, 2.05) is 26.0 Å². The van der Waals surface area contributed by atoms with E-state index in [0.717, 1.165) is 23.2 Å². The van der Waals surface area contributed by atoms with E-state index in [4.69, 9.17) is 10.5 Å². The molecular weight excluding hydrogens is 510 g/mol. The van der Waals surface area contributed by atoms with Gasteiger partial charge in [-0.3, -0.25) is 19.8 Å². The molecule has 2 aliphatic rings. The summed E-state index contributed by atoms with van der Waals surface area (Å²) in [7, 11) is -3.34. The van der Waals surface area contributed by atoms with Crippen LogP contribution in [0.25, 0.3) is 0 Å². The van der Waals surface area contributed by atoms with E-state index in [1.54, 1.807) is 29.7 Å². The van der Waals surface area contributed by atoms with Gasteiger partial charge >= 0.3 is 0 Å². The van der Waals surface area contributed by atoms with Crippen molar-refractivity contribution >= 4 is 21.8 Å². The molecule has 2 atom stereocenters.